The van der Waals surface area contributed by atoms with Crippen molar-refractivity contribution in [3.05, 3.63) is 55.9 Å². The molecule has 3 heterocycles. The quantitative estimate of drug-likeness (QED) is 0.311. The molecule has 1 aromatic carbocycles. The number of benzene rings is 1. The summed E-state index contributed by atoms with van der Waals surface area (Å²) in [5.74, 6) is 1.06. The average Bonchev–Trinajstić information content (AvgIpc) is 3.33. The van der Waals surface area contributed by atoms with Crippen LogP contribution in [-0.2, 0) is 20.6 Å². The Hall–Kier alpha value is -2.66. The lowest BCUT2D eigenvalue weighted by molar-refractivity contribution is 0.465. The first-order chi connectivity index (χ1) is 14.0. The van der Waals surface area contributed by atoms with Crippen LogP contribution >= 0.6 is 27.7 Å². The third-order valence-electron chi connectivity index (χ3n) is 4.46. The van der Waals surface area contributed by atoms with Crippen LogP contribution in [0.4, 0.5) is 0 Å². The number of nitrogens with zero attached hydrogens (tertiary/aromatic N) is 6. The fourth-order valence-electron chi connectivity index (χ4n) is 2.99. The van der Waals surface area contributed by atoms with Gasteiger partial charge in [-0.25, -0.2) is 9.78 Å². The van der Waals surface area contributed by atoms with Crippen molar-refractivity contribution in [3.63, 3.8) is 0 Å². The van der Waals surface area contributed by atoms with Crippen LogP contribution in [0, 0.1) is 0 Å². The Bertz CT molecular complexity index is 1310. The molecule has 4 rings (SSSR count). The van der Waals surface area contributed by atoms with E-state index in [9.17, 15) is 9.59 Å². The van der Waals surface area contributed by atoms with Gasteiger partial charge >= 0.3 is 5.69 Å². The van der Waals surface area contributed by atoms with Gasteiger partial charge in [-0.3, -0.25) is 13.9 Å². The molecule has 0 saturated carbocycles. The summed E-state index contributed by atoms with van der Waals surface area (Å²) in [6.45, 7) is 0.296. The Morgan fingerprint density at radius 2 is 1.97 bits per heavy atom. The molecule has 0 amide bonds. The van der Waals surface area contributed by atoms with Crippen LogP contribution in [0.1, 0.15) is 6.42 Å². The maximum absolute atomic E-state index is 12.7. The van der Waals surface area contributed by atoms with Gasteiger partial charge in [0.15, 0.2) is 11.2 Å². The standard InChI is InChI=1S/C18H17BrN6O3S/c1-23-10-20-14-13(23)16(26)25(18(27)24(14)2)8-5-9-29-17-22-21-15(28-17)11-6-3-4-7-12(11)19/h3-4,6-7,10H,5,8-9H2,1-2H3. The normalized spacial score (nSPS) is 11.4. The Kier molecular flexibility index (Phi) is 5.41. The molecule has 9 nitrogen and oxygen atoms in total. The Labute approximate surface area is 177 Å². The molecule has 4 aromatic rings. The van der Waals surface area contributed by atoms with Crippen molar-refractivity contribution >= 4 is 38.9 Å². The zero-order chi connectivity index (χ0) is 20.5. The van der Waals surface area contributed by atoms with Gasteiger partial charge in [0.2, 0.25) is 5.89 Å². The number of imidazole rings is 1. The highest BCUT2D eigenvalue weighted by molar-refractivity contribution is 9.10. The van der Waals surface area contributed by atoms with Crippen LogP contribution in [0.5, 0.6) is 0 Å². The van der Waals surface area contributed by atoms with Crippen molar-refractivity contribution in [1.29, 1.82) is 0 Å². The number of fused-ring (bicyclic) bond motifs is 1. The first-order valence-corrected chi connectivity index (χ1v) is 10.6. The summed E-state index contributed by atoms with van der Waals surface area (Å²) in [5.41, 5.74) is 0.919. The number of halogens is 1. The monoisotopic (exact) mass is 476 g/mol. The second-order valence-electron chi connectivity index (χ2n) is 6.38. The third kappa shape index (κ3) is 3.67. The van der Waals surface area contributed by atoms with Crippen molar-refractivity contribution in [2.24, 2.45) is 14.1 Å². The lowest BCUT2D eigenvalue weighted by atomic mass is 10.2. The van der Waals surface area contributed by atoms with E-state index in [1.54, 1.807) is 18.7 Å². The molecular formula is C18H17BrN6O3S. The topological polar surface area (TPSA) is 101 Å². The molecule has 0 radical (unpaired) electrons. The highest BCUT2D eigenvalue weighted by atomic mass is 79.9. The van der Waals surface area contributed by atoms with Gasteiger partial charge in [-0.1, -0.05) is 23.9 Å². The van der Waals surface area contributed by atoms with E-state index in [0.717, 1.165) is 10.0 Å². The number of aryl methyl sites for hydroxylation is 2. The largest absolute Gasteiger partial charge is 0.411 e. The van der Waals surface area contributed by atoms with E-state index in [1.165, 1.54) is 27.2 Å². The molecule has 3 aromatic heterocycles. The van der Waals surface area contributed by atoms with Crippen molar-refractivity contribution < 1.29 is 4.42 Å². The van der Waals surface area contributed by atoms with E-state index in [1.807, 2.05) is 24.3 Å². The summed E-state index contributed by atoms with van der Waals surface area (Å²) in [6, 6.07) is 7.61. The van der Waals surface area contributed by atoms with Gasteiger partial charge in [0, 0.05) is 30.9 Å². The van der Waals surface area contributed by atoms with Crippen molar-refractivity contribution in [1.82, 2.24) is 28.9 Å². The second-order valence-corrected chi connectivity index (χ2v) is 8.28. The number of aromatic nitrogens is 6. The highest BCUT2D eigenvalue weighted by Gasteiger charge is 2.15. The zero-order valence-electron chi connectivity index (χ0n) is 15.7. The Morgan fingerprint density at radius 1 is 1.17 bits per heavy atom. The summed E-state index contributed by atoms with van der Waals surface area (Å²) in [6.07, 6.45) is 2.12. The van der Waals surface area contributed by atoms with Crippen LogP contribution in [-0.4, -0.2) is 34.6 Å². The van der Waals surface area contributed by atoms with Gasteiger partial charge in [0.25, 0.3) is 10.8 Å². The Morgan fingerprint density at radius 3 is 2.76 bits per heavy atom. The summed E-state index contributed by atoms with van der Waals surface area (Å²) in [5, 5.41) is 8.57. The summed E-state index contributed by atoms with van der Waals surface area (Å²) >= 11 is 4.85. The third-order valence-corrected chi connectivity index (χ3v) is 6.06. The van der Waals surface area contributed by atoms with E-state index in [2.05, 4.69) is 31.1 Å². The molecule has 11 heteroatoms. The van der Waals surface area contributed by atoms with Gasteiger partial charge < -0.3 is 8.98 Å². The van der Waals surface area contributed by atoms with Crippen LogP contribution in [0.2, 0.25) is 0 Å². The van der Waals surface area contributed by atoms with Gasteiger partial charge in [-0.2, -0.15) is 0 Å². The van der Waals surface area contributed by atoms with E-state index in [4.69, 9.17) is 4.42 Å². The minimum absolute atomic E-state index is 0.296. The Balaban J connectivity index is 1.44. The molecule has 0 spiro atoms. The minimum Gasteiger partial charge on any atom is -0.411 e. The fourth-order valence-corrected chi connectivity index (χ4v) is 4.13. The van der Waals surface area contributed by atoms with Gasteiger partial charge in [-0.05, 0) is 34.5 Å². The molecule has 0 fully saturated rings. The lowest BCUT2D eigenvalue weighted by Crippen LogP contribution is -2.39. The van der Waals surface area contributed by atoms with Gasteiger partial charge in [0.05, 0.1) is 11.9 Å². The van der Waals surface area contributed by atoms with Crippen molar-refractivity contribution in [2.75, 3.05) is 5.75 Å². The molecule has 0 unspecified atom stereocenters. The molecule has 0 N–H and O–H groups in total. The van der Waals surface area contributed by atoms with Crippen LogP contribution in [0.25, 0.3) is 22.6 Å². The molecule has 29 heavy (non-hydrogen) atoms. The van der Waals surface area contributed by atoms with E-state index in [0.29, 0.717) is 41.0 Å². The zero-order valence-corrected chi connectivity index (χ0v) is 18.1. The first-order valence-electron chi connectivity index (χ1n) is 8.79. The maximum atomic E-state index is 12.7. The predicted octanol–water partition coefficient (Wildman–Crippen LogP) is 2.43. The SMILES string of the molecule is Cn1cnc2c1c(=O)n(CCCSc1nnc(-c3ccccc3Br)o1)c(=O)n2C. The summed E-state index contributed by atoms with van der Waals surface area (Å²) < 4.78 is 10.8. The lowest BCUT2D eigenvalue weighted by Gasteiger charge is -2.08. The predicted molar refractivity (Wildman–Crippen MR) is 113 cm³/mol. The van der Waals surface area contributed by atoms with E-state index >= 15 is 0 Å². The molecule has 0 aliphatic rings. The number of thioether (sulfide) groups is 1. The molecule has 0 saturated heterocycles. The first kappa shape index (κ1) is 19.6. The smallest absolute Gasteiger partial charge is 0.332 e. The highest BCUT2D eigenvalue weighted by Crippen LogP contribution is 2.29. The van der Waals surface area contributed by atoms with E-state index in [-0.39, 0.29) is 11.2 Å². The minimum atomic E-state index is -0.375. The average molecular weight is 477 g/mol. The molecule has 0 atom stereocenters. The van der Waals surface area contributed by atoms with Crippen LogP contribution in [0.15, 0.2) is 54.3 Å². The molecule has 0 bridgehead atoms. The molecular weight excluding hydrogens is 460 g/mol. The molecule has 0 aliphatic heterocycles. The van der Waals surface area contributed by atoms with Crippen molar-refractivity contribution in [2.45, 2.75) is 18.2 Å². The maximum Gasteiger partial charge on any atom is 0.332 e. The number of hydrogen-bond acceptors (Lipinski definition) is 7. The van der Waals surface area contributed by atoms with Gasteiger partial charge in [0.1, 0.15) is 0 Å². The van der Waals surface area contributed by atoms with Crippen LogP contribution in [0.3, 0.4) is 0 Å². The fraction of sp³-hybridized carbons (Fsp3) is 0.278. The summed E-state index contributed by atoms with van der Waals surface area (Å²) in [7, 11) is 3.35. The number of hydrogen-bond donors (Lipinski definition) is 0. The van der Waals surface area contributed by atoms with E-state index < -0.39 is 0 Å². The summed E-state index contributed by atoms with van der Waals surface area (Å²) in [4.78, 5) is 29.3. The van der Waals surface area contributed by atoms with Crippen molar-refractivity contribution in [3.8, 4) is 11.5 Å². The van der Waals surface area contributed by atoms with Crippen LogP contribution < -0.4 is 11.2 Å². The van der Waals surface area contributed by atoms with Gasteiger partial charge in [-0.15, -0.1) is 10.2 Å². The molecule has 0 aliphatic carbocycles. The second kappa shape index (κ2) is 7.99. The number of rotatable bonds is 6. The molecule has 150 valence electrons.